The van der Waals surface area contributed by atoms with E-state index < -0.39 is 0 Å². The molecule has 0 N–H and O–H groups in total. The number of carbonyl (C=O) groups is 1. The maximum Gasteiger partial charge on any atom is 0.293 e. The van der Waals surface area contributed by atoms with E-state index in [0.29, 0.717) is 11.7 Å². The lowest BCUT2D eigenvalue weighted by Gasteiger charge is -2.43. The quantitative estimate of drug-likeness (QED) is 0.831. The van der Waals surface area contributed by atoms with Gasteiger partial charge in [0.1, 0.15) is 6.33 Å². The molecule has 2 aliphatic rings. The third-order valence-corrected chi connectivity index (χ3v) is 5.56. The SMILES string of the molecule is CN1CC2CN(C(=O)c3ncn(C)n3)CCC2(c2ccccc2)C1. The molecule has 2 aromatic rings. The molecule has 2 fully saturated rings. The van der Waals surface area contributed by atoms with Gasteiger partial charge in [0.05, 0.1) is 0 Å². The molecule has 24 heavy (non-hydrogen) atoms. The molecule has 1 amide bonds. The summed E-state index contributed by atoms with van der Waals surface area (Å²) in [5.74, 6) is 0.703. The second-order valence-corrected chi connectivity index (χ2v) is 7.16. The number of hydrogen-bond acceptors (Lipinski definition) is 4. The van der Waals surface area contributed by atoms with E-state index >= 15 is 0 Å². The molecule has 3 heterocycles. The van der Waals surface area contributed by atoms with Gasteiger partial charge in [-0.1, -0.05) is 30.3 Å². The van der Waals surface area contributed by atoms with Crippen LogP contribution in [0.3, 0.4) is 0 Å². The zero-order valence-electron chi connectivity index (χ0n) is 14.2. The number of aryl methyl sites for hydroxylation is 1. The van der Waals surface area contributed by atoms with E-state index in [9.17, 15) is 4.79 Å². The summed E-state index contributed by atoms with van der Waals surface area (Å²) in [7, 11) is 3.96. The Morgan fingerprint density at radius 2 is 2.00 bits per heavy atom. The molecule has 2 atom stereocenters. The zero-order valence-corrected chi connectivity index (χ0v) is 14.2. The van der Waals surface area contributed by atoms with Crippen LogP contribution >= 0.6 is 0 Å². The average Bonchev–Trinajstić information content (AvgIpc) is 3.17. The maximum absolute atomic E-state index is 12.7. The summed E-state index contributed by atoms with van der Waals surface area (Å²) in [5.41, 5.74) is 1.56. The molecule has 0 saturated carbocycles. The number of carbonyl (C=O) groups excluding carboxylic acids is 1. The Labute approximate surface area is 142 Å². The van der Waals surface area contributed by atoms with Gasteiger partial charge in [0.25, 0.3) is 5.91 Å². The minimum atomic E-state index is -0.0492. The monoisotopic (exact) mass is 325 g/mol. The molecule has 6 heteroatoms. The first-order valence-electron chi connectivity index (χ1n) is 8.47. The van der Waals surface area contributed by atoms with Crippen molar-refractivity contribution in [2.24, 2.45) is 13.0 Å². The molecule has 6 nitrogen and oxygen atoms in total. The van der Waals surface area contributed by atoms with Crippen molar-refractivity contribution in [1.82, 2.24) is 24.6 Å². The van der Waals surface area contributed by atoms with Crippen molar-refractivity contribution in [2.75, 3.05) is 33.2 Å². The number of amides is 1. The van der Waals surface area contributed by atoms with Gasteiger partial charge in [-0.3, -0.25) is 9.48 Å². The number of aromatic nitrogens is 3. The molecule has 2 aliphatic heterocycles. The molecule has 0 spiro atoms. The molecule has 1 aromatic carbocycles. The molecule has 1 aromatic heterocycles. The first-order chi connectivity index (χ1) is 11.6. The molecule has 2 saturated heterocycles. The average molecular weight is 325 g/mol. The highest BCUT2D eigenvalue weighted by Gasteiger charge is 2.50. The normalized spacial score (nSPS) is 27.2. The van der Waals surface area contributed by atoms with Crippen molar-refractivity contribution >= 4 is 5.91 Å². The molecule has 0 radical (unpaired) electrons. The van der Waals surface area contributed by atoms with Crippen LogP contribution in [0.25, 0.3) is 0 Å². The van der Waals surface area contributed by atoms with Crippen LogP contribution in [0.1, 0.15) is 22.6 Å². The molecular weight excluding hydrogens is 302 g/mol. The van der Waals surface area contributed by atoms with Crippen molar-refractivity contribution in [2.45, 2.75) is 11.8 Å². The van der Waals surface area contributed by atoms with Crippen LogP contribution in [-0.4, -0.2) is 63.7 Å². The Morgan fingerprint density at radius 1 is 1.21 bits per heavy atom. The lowest BCUT2D eigenvalue weighted by Crippen LogP contribution is -2.51. The zero-order chi connectivity index (χ0) is 16.7. The van der Waals surface area contributed by atoms with E-state index in [1.807, 2.05) is 4.90 Å². The van der Waals surface area contributed by atoms with Gasteiger partial charge in [-0.2, -0.15) is 0 Å². The number of piperidine rings is 1. The Bertz CT molecular complexity index is 743. The molecule has 126 valence electrons. The second-order valence-electron chi connectivity index (χ2n) is 7.16. The fourth-order valence-corrected chi connectivity index (χ4v) is 4.44. The van der Waals surface area contributed by atoms with Gasteiger partial charge in [0.2, 0.25) is 5.82 Å². The number of nitrogens with zero attached hydrogens (tertiary/aromatic N) is 5. The van der Waals surface area contributed by atoms with Crippen LogP contribution < -0.4 is 0 Å². The smallest absolute Gasteiger partial charge is 0.293 e. The third kappa shape index (κ3) is 2.41. The fraction of sp³-hybridized carbons (Fsp3) is 0.500. The Kier molecular flexibility index (Phi) is 3.64. The second kappa shape index (κ2) is 5.70. The molecule has 2 unspecified atom stereocenters. The van der Waals surface area contributed by atoms with Crippen LogP contribution in [-0.2, 0) is 12.5 Å². The number of rotatable bonds is 2. The summed E-state index contributed by atoms with van der Waals surface area (Å²) < 4.78 is 1.58. The van der Waals surface area contributed by atoms with Gasteiger partial charge in [-0.05, 0) is 19.0 Å². The topological polar surface area (TPSA) is 54.3 Å². The summed E-state index contributed by atoms with van der Waals surface area (Å²) in [6.45, 7) is 3.62. The molecular formula is C18H23N5O. The van der Waals surface area contributed by atoms with Gasteiger partial charge in [0.15, 0.2) is 0 Å². The van der Waals surface area contributed by atoms with Gasteiger partial charge in [-0.25, -0.2) is 4.98 Å². The standard InChI is InChI=1S/C18H23N5O/c1-21-10-15-11-23(17(24)16-19-13-22(2)20-16)9-8-18(15,12-21)14-6-4-3-5-7-14/h3-7,13,15H,8-12H2,1-2H3. The fourth-order valence-electron chi connectivity index (χ4n) is 4.44. The predicted octanol–water partition coefficient (Wildman–Crippen LogP) is 1.16. The summed E-state index contributed by atoms with van der Waals surface area (Å²) in [6, 6.07) is 10.8. The number of likely N-dealkylation sites (N-methyl/N-ethyl adjacent to an activating group) is 1. The molecule has 0 bridgehead atoms. The third-order valence-electron chi connectivity index (χ3n) is 5.56. The molecule has 4 rings (SSSR count). The van der Waals surface area contributed by atoms with Crippen LogP contribution in [0, 0.1) is 5.92 Å². The Morgan fingerprint density at radius 3 is 2.71 bits per heavy atom. The van der Waals surface area contributed by atoms with Crippen LogP contribution in [0.5, 0.6) is 0 Å². The number of likely N-dealkylation sites (tertiary alicyclic amines) is 2. The predicted molar refractivity (Wildman–Crippen MR) is 90.6 cm³/mol. The van der Waals surface area contributed by atoms with E-state index in [1.165, 1.54) is 5.56 Å². The highest BCUT2D eigenvalue weighted by atomic mass is 16.2. The minimum absolute atomic E-state index is 0.0492. The maximum atomic E-state index is 12.7. The number of benzene rings is 1. The van der Waals surface area contributed by atoms with Crippen LogP contribution in [0.15, 0.2) is 36.7 Å². The molecule has 0 aliphatic carbocycles. The van der Waals surface area contributed by atoms with Crippen molar-refractivity contribution in [3.63, 3.8) is 0 Å². The van der Waals surface area contributed by atoms with E-state index in [-0.39, 0.29) is 11.3 Å². The highest BCUT2D eigenvalue weighted by Crippen LogP contribution is 2.44. The summed E-state index contributed by atoms with van der Waals surface area (Å²) in [4.78, 5) is 21.1. The van der Waals surface area contributed by atoms with E-state index in [0.717, 1.165) is 32.6 Å². The van der Waals surface area contributed by atoms with Gasteiger partial charge in [0, 0.05) is 44.6 Å². The number of fused-ring (bicyclic) bond motifs is 1. The van der Waals surface area contributed by atoms with E-state index in [1.54, 1.807) is 18.1 Å². The van der Waals surface area contributed by atoms with E-state index in [2.05, 4.69) is 52.4 Å². The largest absolute Gasteiger partial charge is 0.335 e. The first kappa shape index (κ1) is 15.3. The van der Waals surface area contributed by atoms with Crippen molar-refractivity contribution in [3.05, 3.63) is 48.0 Å². The van der Waals surface area contributed by atoms with Crippen molar-refractivity contribution in [1.29, 1.82) is 0 Å². The van der Waals surface area contributed by atoms with Crippen LogP contribution in [0.4, 0.5) is 0 Å². The Hall–Kier alpha value is -2.21. The summed E-state index contributed by atoms with van der Waals surface area (Å²) in [6.07, 6.45) is 2.57. The Balaban J connectivity index is 1.59. The summed E-state index contributed by atoms with van der Waals surface area (Å²) in [5, 5.41) is 4.17. The summed E-state index contributed by atoms with van der Waals surface area (Å²) >= 11 is 0. The van der Waals surface area contributed by atoms with Gasteiger partial charge >= 0.3 is 0 Å². The number of hydrogen-bond donors (Lipinski definition) is 0. The van der Waals surface area contributed by atoms with Crippen molar-refractivity contribution < 1.29 is 4.79 Å². The lowest BCUT2D eigenvalue weighted by atomic mass is 9.68. The lowest BCUT2D eigenvalue weighted by molar-refractivity contribution is 0.0590. The van der Waals surface area contributed by atoms with Gasteiger partial charge in [-0.15, -0.1) is 5.10 Å². The van der Waals surface area contributed by atoms with Crippen molar-refractivity contribution in [3.8, 4) is 0 Å². The van der Waals surface area contributed by atoms with Gasteiger partial charge < -0.3 is 9.80 Å². The highest BCUT2D eigenvalue weighted by molar-refractivity contribution is 5.90. The first-order valence-corrected chi connectivity index (χ1v) is 8.47. The van der Waals surface area contributed by atoms with Crippen LogP contribution in [0.2, 0.25) is 0 Å². The minimum Gasteiger partial charge on any atom is -0.335 e. The van der Waals surface area contributed by atoms with E-state index in [4.69, 9.17) is 0 Å².